The van der Waals surface area contributed by atoms with Gasteiger partial charge < -0.3 is 14.4 Å². The van der Waals surface area contributed by atoms with Gasteiger partial charge in [0.05, 0.1) is 23.7 Å². The third-order valence-corrected chi connectivity index (χ3v) is 5.57. The zero-order chi connectivity index (χ0) is 16.4. The van der Waals surface area contributed by atoms with Crippen LogP contribution in [0.2, 0.25) is 0 Å². The number of benzene rings is 1. The molecule has 2 saturated heterocycles. The zero-order valence-corrected chi connectivity index (χ0v) is 15.3. The molecule has 2 aliphatic heterocycles. The van der Waals surface area contributed by atoms with E-state index in [2.05, 4.69) is 27.8 Å². The number of nitrogens with zero attached hydrogens (tertiary/aromatic N) is 2. The fourth-order valence-electron chi connectivity index (χ4n) is 3.63. The Morgan fingerprint density at radius 1 is 1.43 bits per heavy atom. The topological polar surface area (TPSA) is 42.0 Å². The van der Waals surface area contributed by atoms with Crippen LogP contribution >= 0.6 is 15.9 Å². The van der Waals surface area contributed by atoms with Gasteiger partial charge in [-0.05, 0) is 47.1 Å². The first-order chi connectivity index (χ1) is 11.1. The number of methoxy groups -OCH3 is 1. The van der Waals surface area contributed by atoms with Crippen molar-refractivity contribution in [2.75, 3.05) is 46.5 Å². The van der Waals surface area contributed by atoms with E-state index < -0.39 is 0 Å². The normalized spacial score (nSPS) is 25.1. The van der Waals surface area contributed by atoms with Gasteiger partial charge >= 0.3 is 0 Å². The minimum Gasteiger partial charge on any atom is -0.496 e. The van der Waals surface area contributed by atoms with E-state index in [9.17, 15) is 4.79 Å². The summed E-state index contributed by atoms with van der Waals surface area (Å²) in [5, 5.41) is 0. The summed E-state index contributed by atoms with van der Waals surface area (Å²) in [6.07, 6.45) is 0.997. The molecule has 2 aliphatic rings. The molecule has 1 amide bonds. The molecule has 0 saturated carbocycles. The summed E-state index contributed by atoms with van der Waals surface area (Å²) in [6.45, 7) is 7.09. The average molecular weight is 383 g/mol. The second kappa shape index (κ2) is 6.79. The number of carbonyl (C=O) groups excluding carboxylic acids is 1. The molecule has 23 heavy (non-hydrogen) atoms. The first kappa shape index (κ1) is 16.7. The molecule has 1 aromatic carbocycles. The molecule has 2 heterocycles. The fraction of sp³-hybridized carbons (Fsp3) is 0.588. The number of likely N-dealkylation sites (N-methyl/N-ethyl adjacent to an activating group) is 1. The highest BCUT2D eigenvalue weighted by Gasteiger charge is 2.45. The summed E-state index contributed by atoms with van der Waals surface area (Å²) in [5.41, 5.74) is 0.684. The number of ether oxygens (including phenoxy) is 2. The molecule has 0 aromatic heterocycles. The van der Waals surface area contributed by atoms with Crippen LogP contribution in [0.1, 0.15) is 23.7 Å². The zero-order valence-electron chi connectivity index (χ0n) is 13.7. The number of hydrogen-bond acceptors (Lipinski definition) is 4. The van der Waals surface area contributed by atoms with E-state index in [4.69, 9.17) is 9.47 Å². The van der Waals surface area contributed by atoms with Crippen molar-refractivity contribution in [2.45, 2.75) is 18.9 Å². The summed E-state index contributed by atoms with van der Waals surface area (Å²) in [7, 11) is 1.62. The number of amides is 1. The Balaban J connectivity index is 1.79. The maximum absolute atomic E-state index is 12.9. The minimum atomic E-state index is -0.00758. The highest BCUT2D eigenvalue weighted by molar-refractivity contribution is 9.10. The molecule has 0 N–H and O–H groups in total. The van der Waals surface area contributed by atoms with Gasteiger partial charge in [0.15, 0.2) is 0 Å². The van der Waals surface area contributed by atoms with Gasteiger partial charge in [0.25, 0.3) is 5.91 Å². The van der Waals surface area contributed by atoms with E-state index in [1.165, 1.54) is 0 Å². The smallest absolute Gasteiger partial charge is 0.254 e. The van der Waals surface area contributed by atoms with Crippen LogP contribution in [0.3, 0.4) is 0 Å². The molecule has 5 nitrogen and oxygen atoms in total. The fourth-order valence-corrected chi connectivity index (χ4v) is 4.17. The molecule has 0 bridgehead atoms. The molecular formula is C17H23BrN2O3. The first-order valence-electron chi connectivity index (χ1n) is 8.05. The molecule has 6 heteroatoms. The van der Waals surface area contributed by atoms with Crippen LogP contribution in [-0.4, -0.2) is 67.7 Å². The predicted molar refractivity (Wildman–Crippen MR) is 92.0 cm³/mol. The number of carbonyl (C=O) groups is 1. The predicted octanol–water partition coefficient (Wildman–Crippen LogP) is 2.39. The lowest BCUT2D eigenvalue weighted by Gasteiger charge is -2.48. The lowest BCUT2D eigenvalue weighted by Crippen LogP contribution is -2.63. The Morgan fingerprint density at radius 2 is 2.26 bits per heavy atom. The SMILES string of the molecule is CCN1CCN(C(=O)c2ccc(OC)c(Br)c2)CC12CCOC2. The number of rotatable bonds is 3. The maximum Gasteiger partial charge on any atom is 0.254 e. The van der Waals surface area contributed by atoms with Crippen molar-refractivity contribution in [3.63, 3.8) is 0 Å². The number of halogens is 1. The molecule has 126 valence electrons. The molecule has 0 radical (unpaired) electrons. The van der Waals surface area contributed by atoms with Crippen LogP contribution in [0, 0.1) is 0 Å². The van der Waals surface area contributed by atoms with Crippen LogP contribution in [-0.2, 0) is 4.74 Å². The van der Waals surface area contributed by atoms with Gasteiger partial charge in [-0.3, -0.25) is 9.69 Å². The Labute approximate surface area is 145 Å². The van der Waals surface area contributed by atoms with E-state index >= 15 is 0 Å². The third-order valence-electron chi connectivity index (χ3n) is 4.95. The van der Waals surface area contributed by atoms with Gasteiger partial charge in [-0.15, -0.1) is 0 Å². The van der Waals surface area contributed by atoms with E-state index in [0.29, 0.717) is 5.56 Å². The molecule has 1 atom stereocenters. The van der Waals surface area contributed by atoms with Crippen LogP contribution in [0.5, 0.6) is 5.75 Å². The Bertz CT molecular complexity index is 587. The summed E-state index contributed by atoms with van der Waals surface area (Å²) in [6, 6.07) is 5.50. The average Bonchev–Trinajstić information content (AvgIpc) is 3.02. The minimum absolute atomic E-state index is 0.00758. The van der Waals surface area contributed by atoms with Gasteiger partial charge in [-0.25, -0.2) is 0 Å². The molecule has 3 rings (SSSR count). The third kappa shape index (κ3) is 3.12. The van der Waals surface area contributed by atoms with Crippen molar-refractivity contribution >= 4 is 21.8 Å². The van der Waals surface area contributed by atoms with Crippen LogP contribution in [0.4, 0.5) is 0 Å². The maximum atomic E-state index is 12.9. The molecule has 1 unspecified atom stereocenters. The van der Waals surface area contributed by atoms with E-state index in [1.54, 1.807) is 7.11 Å². The summed E-state index contributed by atoms with van der Waals surface area (Å²) in [5.74, 6) is 0.813. The summed E-state index contributed by atoms with van der Waals surface area (Å²) in [4.78, 5) is 17.3. The van der Waals surface area contributed by atoms with Crippen LogP contribution < -0.4 is 4.74 Å². The van der Waals surface area contributed by atoms with Gasteiger partial charge in [0, 0.05) is 31.8 Å². The van der Waals surface area contributed by atoms with Crippen molar-refractivity contribution in [1.29, 1.82) is 0 Å². The van der Waals surface area contributed by atoms with Crippen molar-refractivity contribution in [3.8, 4) is 5.75 Å². The summed E-state index contributed by atoms with van der Waals surface area (Å²) < 4.78 is 11.7. The van der Waals surface area contributed by atoms with Gasteiger partial charge in [0.2, 0.25) is 0 Å². The Kier molecular flexibility index (Phi) is 4.94. The quantitative estimate of drug-likeness (QED) is 0.804. The highest BCUT2D eigenvalue weighted by atomic mass is 79.9. The summed E-state index contributed by atoms with van der Waals surface area (Å²) >= 11 is 3.46. The molecular weight excluding hydrogens is 360 g/mol. The van der Waals surface area contributed by atoms with Gasteiger partial charge in [-0.1, -0.05) is 6.92 Å². The Morgan fingerprint density at radius 3 is 2.87 bits per heavy atom. The highest BCUT2D eigenvalue weighted by Crippen LogP contribution is 2.32. The van der Waals surface area contributed by atoms with Crippen LogP contribution in [0.15, 0.2) is 22.7 Å². The first-order valence-corrected chi connectivity index (χ1v) is 8.84. The molecule has 1 aromatic rings. The lowest BCUT2D eigenvalue weighted by atomic mass is 9.92. The molecule has 1 spiro atoms. The van der Waals surface area contributed by atoms with E-state index in [0.717, 1.165) is 56.0 Å². The molecule has 2 fully saturated rings. The second-order valence-electron chi connectivity index (χ2n) is 6.18. The van der Waals surface area contributed by atoms with Crippen molar-refractivity contribution in [2.24, 2.45) is 0 Å². The van der Waals surface area contributed by atoms with Gasteiger partial charge in [0.1, 0.15) is 5.75 Å². The van der Waals surface area contributed by atoms with E-state index in [1.807, 2.05) is 23.1 Å². The molecule has 0 aliphatic carbocycles. The van der Waals surface area contributed by atoms with Crippen molar-refractivity contribution < 1.29 is 14.3 Å². The van der Waals surface area contributed by atoms with Crippen molar-refractivity contribution in [3.05, 3.63) is 28.2 Å². The largest absolute Gasteiger partial charge is 0.496 e. The second-order valence-corrected chi connectivity index (χ2v) is 7.04. The van der Waals surface area contributed by atoms with Crippen molar-refractivity contribution in [1.82, 2.24) is 9.80 Å². The lowest BCUT2D eigenvalue weighted by molar-refractivity contribution is -0.00223. The Hall–Kier alpha value is -1.11. The van der Waals surface area contributed by atoms with Gasteiger partial charge in [-0.2, -0.15) is 0 Å². The monoisotopic (exact) mass is 382 g/mol. The number of piperazine rings is 1. The number of hydrogen-bond donors (Lipinski definition) is 0. The van der Waals surface area contributed by atoms with E-state index in [-0.39, 0.29) is 11.4 Å². The van der Waals surface area contributed by atoms with Crippen LogP contribution in [0.25, 0.3) is 0 Å². The standard InChI is InChI=1S/C17H23BrN2O3/c1-3-20-8-7-19(11-17(20)6-9-23-12-17)16(21)13-4-5-15(22-2)14(18)10-13/h4-5,10H,3,6-9,11-12H2,1-2H3.